The van der Waals surface area contributed by atoms with Crippen LogP contribution in [-0.2, 0) is 12.8 Å². The van der Waals surface area contributed by atoms with E-state index in [9.17, 15) is 0 Å². The van der Waals surface area contributed by atoms with Crippen LogP contribution in [0, 0.1) is 0 Å². The second kappa shape index (κ2) is 8.09. The van der Waals surface area contributed by atoms with Gasteiger partial charge in [-0.3, -0.25) is 0 Å². The molecule has 0 spiro atoms. The van der Waals surface area contributed by atoms with Gasteiger partial charge in [-0.2, -0.15) is 4.98 Å². The van der Waals surface area contributed by atoms with Crippen molar-refractivity contribution in [1.82, 2.24) is 10.1 Å². The normalized spacial score (nSPS) is 12.8. The molecule has 0 radical (unpaired) electrons. The van der Waals surface area contributed by atoms with Gasteiger partial charge < -0.3 is 23.8 Å². The Kier molecular flexibility index (Phi) is 5.20. The molecule has 3 aromatic rings. The summed E-state index contributed by atoms with van der Waals surface area (Å²) in [4.78, 5) is 4.47. The van der Waals surface area contributed by atoms with Crippen LogP contribution in [0.5, 0.6) is 17.2 Å². The van der Waals surface area contributed by atoms with Gasteiger partial charge in [-0.15, -0.1) is 0 Å². The minimum atomic E-state index is -0.0161. The molecule has 0 unspecified atom stereocenters. The Morgan fingerprint density at radius 3 is 2.70 bits per heavy atom. The summed E-state index contributed by atoms with van der Waals surface area (Å²) in [5.41, 5.74) is 1.91. The first-order chi connectivity index (χ1) is 13.3. The number of benzene rings is 2. The summed E-state index contributed by atoms with van der Waals surface area (Å²) in [5.74, 6) is 3.39. The number of hydrogen-bond donors (Lipinski definition) is 1. The topological polar surface area (TPSA) is 86.8 Å². The van der Waals surface area contributed by atoms with Crippen LogP contribution in [0.4, 0.5) is 0 Å². The molecule has 27 heavy (non-hydrogen) atoms. The third-order valence-corrected chi connectivity index (χ3v) is 4.20. The van der Waals surface area contributed by atoms with Gasteiger partial charge in [0.1, 0.15) is 25.6 Å². The van der Waals surface area contributed by atoms with E-state index in [4.69, 9.17) is 23.8 Å². The highest BCUT2D eigenvalue weighted by molar-refractivity contribution is 5.55. The Morgan fingerprint density at radius 2 is 1.85 bits per heavy atom. The fourth-order valence-corrected chi connectivity index (χ4v) is 2.91. The summed E-state index contributed by atoms with van der Waals surface area (Å²) in [5, 5.41) is 12.8. The molecule has 0 saturated carbocycles. The van der Waals surface area contributed by atoms with Crippen LogP contribution in [0.2, 0.25) is 0 Å². The predicted octanol–water partition coefficient (Wildman–Crippen LogP) is 2.66. The van der Waals surface area contributed by atoms with Gasteiger partial charge in [0.15, 0.2) is 11.5 Å². The molecule has 0 amide bonds. The summed E-state index contributed by atoms with van der Waals surface area (Å²) in [7, 11) is 0. The zero-order valence-electron chi connectivity index (χ0n) is 14.8. The largest absolute Gasteiger partial charge is 0.491 e. The van der Waals surface area contributed by atoms with E-state index in [1.807, 2.05) is 42.5 Å². The Hall–Kier alpha value is -3.06. The molecule has 1 N–H and O–H groups in total. The molecule has 2 aromatic carbocycles. The molecule has 0 bridgehead atoms. The fraction of sp³-hybridized carbons (Fsp3) is 0.300. The lowest BCUT2D eigenvalue weighted by Gasteiger charge is -2.20. The number of aliphatic hydroxyl groups is 1. The summed E-state index contributed by atoms with van der Waals surface area (Å²) in [6.45, 7) is 1.39. The third-order valence-electron chi connectivity index (χ3n) is 4.20. The Labute approximate surface area is 156 Å². The molecule has 1 aliphatic heterocycles. The first-order valence-electron chi connectivity index (χ1n) is 8.87. The standard InChI is InChI=1S/C20H20N2O5/c23-10-11-24-16-7-4-15(5-8-16)20-21-18(27-22-20)9-6-14-2-1-3-17-19(14)26-13-12-25-17/h1-5,7-8,23H,6,9-13H2. The maximum absolute atomic E-state index is 8.79. The molecule has 0 atom stereocenters. The molecule has 7 heteroatoms. The van der Waals surface area contributed by atoms with Crippen molar-refractivity contribution < 1.29 is 23.8 Å². The van der Waals surface area contributed by atoms with E-state index in [2.05, 4.69) is 10.1 Å². The predicted molar refractivity (Wildman–Crippen MR) is 97.2 cm³/mol. The van der Waals surface area contributed by atoms with Crippen molar-refractivity contribution in [3.63, 3.8) is 0 Å². The molecule has 140 valence electrons. The van der Waals surface area contributed by atoms with E-state index in [1.165, 1.54) is 0 Å². The fourth-order valence-electron chi connectivity index (χ4n) is 2.91. The van der Waals surface area contributed by atoms with Gasteiger partial charge in [-0.1, -0.05) is 17.3 Å². The maximum Gasteiger partial charge on any atom is 0.227 e. The second-order valence-corrected chi connectivity index (χ2v) is 6.05. The number of para-hydroxylation sites is 1. The van der Waals surface area contributed by atoms with Crippen LogP contribution in [-0.4, -0.2) is 41.7 Å². The molecule has 0 aliphatic carbocycles. The van der Waals surface area contributed by atoms with E-state index in [0.717, 1.165) is 29.0 Å². The highest BCUT2D eigenvalue weighted by Gasteiger charge is 2.16. The van der Waals surface area contributed by atoms with Crippen molar-refractivity contribution in [2.75, 3.05) is 26.4 Å². The average molecular weight is 368 g/mol. The summed E-state index contributed by atoms with van der Waals surface area (Å²) < 4.78 is 22.1. The van der Waals surface area contributed by atoms with Gasteiger partial charge in [0.05, 0.1) is 6.61 Å². The molecular formula is C20H20N2O5. The van der Waals surface area contributed by atoms with Gasteiger partial charge in [0.25, 0.3) is 0 Å². The lowest BCUT2D eigenvalue weighted by atomic mass is 10.1. The number of rotatable bonds is 7. The molecule has 1 aliphatic rings. The quantitative estimate of drug-likeness (QED) is 0.686. The third kappa shape index (κ3) is 4.03. The zero-order chi connectivity index (χ0) is 18.5. The van der Waals surface area contributed by atoms with Gasteiger partial charge in [0, 0.05) is 12.0 Å². The number of fused-ring (bicyclic) bond motifs is 1. The number of aryl methyl sites for hydroxylation is 2. The van der Waals surface area contributed by atoms with E-state index in [0.29, 0.717) is 37.1 Å². The van der Waals surface area contributed by atoms with Crippen molar-refractivity contribution >= 4 is 0 Å². The van der Waals surface area contributed by atoms with Crippen LogP contribution in [0.3, 0.4) is 0 Å². The van der Waals surface area contributed by atoms with Crippen molar-refractivity contribution in [3.8, 4) is 28.6 Å². The molecular weight excluding hydrogens is 348 g/mol. The van der Waals surface area contributed by atoms with E-state index < -0.39 is 0 Å². The highest BCUT2D eigenvalue weighted by atomic mass is 16.6. The van der Waals surface area contributed by atoms with Crippen molar-refractivity contribution in [3.05, 3.63) is 53.9 Å². The van der Waals surface area contributed by atoms with E-state index in [1.54, 1.807) is 0 Å². The van der Waals surface area contributed by atoms with Crippen LogP contribution >= 0.6 is 0 Å². The average Bonchev–Trinajstić information content (AvgIpc) is 3.20. The smallest absolute Gasteiger partial charge is 0.227 e. The first-order valence-corrected chi connectivity index (χ1v) is 8.87. The van der Waals surface area contributed by atoms with Gasteiger partial charge >= 0.3 is 0 Å². The van der Waals surface area contributed by atoms with Gasteiger partial charge in [0.2, 0.25) is 11.7 Å². The lowest BCUT2D eigenvalue weighted by molar-refractivity contribution is 0.170. The Balaban J connectivity index is 1.41. The number of aliphatic hydroxyl groups excluding tert-OH is 1. The zero-order valence-corrected chi connectivity index (χ0v) is 14.8. The summed E-state index contributed by atoms with van der Waals surface area (Å²) in [6.07, 6.45) is 1.34. The van der Waals surface area contributed by atoms with Crippen LogP contribution < -0.4 is 14.2 Å². The maximum atomic E-state index is 8.79. The summed E-state index contributed by atoms with van der Waals surface area (Å²) in [6, 6.07) is 13.2. The highest BCUT2D eigenvalue weighted by Crippen LogP contribution is 2.34. The molecule has 2 heterocycles. The van der Waals surface area contributed by atoms with Crippen LogP contribution in [0.1, 0.15) is 11.5 Å². The van der Waals surface area contributed by atoms with Crippen molar-refractivity contribution in [2.24, 2.45) is 0 Å². The molecule has 0 saturated heterocycles. The Bertz CT molecular complexity index is 892. The van der Waals surface area contributed by atoms with E-state index in [-0.39, 0.29) is 13.2 Å². The molecule has 7 nitrogen and oxygen atoms in total. The second-order valence-electron chi connectivity index (χ2n) is 6.05. The minimum absolute atomic E-state index is 0.0161. The van der Waals surface area contributed by atoms with Crippen molar-refractivity contribution in [2.45, 2.75) is 12.8 Å². The number of nitrogens with zero attached hydrogens (tertiary/aromatic N) is 2. The monoisotopic (exact) mass is 368 g/mol. The van der Waals surface area contributed by atoms with Crippen LogP contribution in [0.15, 0.2) is 47.0 Å². The number of hydrogen-bond acceptors (Lipinski definition) is 7. The Morgan fingerprint density at radius 1 is 1.00 bits per heavy atom. The number of aromatic nitrogens is 2. The SMILES string of the molecule is OCCOc1ccc(-c2noc(CCc3cccc4c3OCCO4)n2)cc1. The van der Waals surface area contributed by atoms with Gasteiger partial charge in [-0.25, -0.2) is 0 Å². The summed E-state index contributed by atoms with van der Waals surface area (Å²) >= 11 is 0. The molecule has 1 aromatic heterocycles. The van der Waals surface area contributed by atoms with Crippen molar-refractivity contribution in [1.29, 1.82) is 0 Å². The minimum Gasteiger partial charge on any atom is -0.491 e. The first kappa shape index (κ1) is 17.4. The number of ether oxygens (including phenoxy) is 3. The molecule has 0 fully saturated rings. The lowest BCUT2D eigenvalue weighted by Crippen LogP contribution is -2.16. The van der Waals surface area contributed by atoms with Gasteiger partial charge in [-0.05, 0) is 42.3 Å². The van der Waals surface area contributed by atoms with E-state index >= 15 is 0 Å². The van der Waals surface area contributed by atoms with Crippen LogP contribution in [0.25, 0.3) is 11.4 Å². The molecule has 4 rings (SSSR count).